The number of nitrogens with zero attached hydrogens (tertiary/aromatic N) is 3. The highest BCUT2D eigenvalue weighted by atomic mass is 32.2. The Morgan fingerprint density at radius 3 is 2.58 bits per heavy atom. The van der Waals surface area contributed by atoms with E-state index < -0.39 is 0 Å². The Hall–Kier alpha value is -3.32. The summed E-state index contributed by atoms with van der Waals surface area (Å²) in [7, 11) is 0. The smallest absolute Gasteiger partial charge is 0.266 e. The molecule has 1 fully saturated rings. The summed E-state index contributed by atoms with van der Waals surface area (Å²) in [5, 5.41) is 4.66. The van der Waals surface area contributed by atoms with E-state index in [0.717, 1.165) is 27.3 Å². The second kappa shape index (κ2) is 9.22. The zero-order valence-corrected chi connectivity index (χ0v) is 18.4. The van der Waals surface area contributed by atoms with E-state index in [1.165, 1.54) is 11.8 Å². The number of anilines is 1. The summed E-state index contributed by atoms with van der Waals surface area (Å²) in [4.78, 5) is 32.2. The van der Waals surface area contributed by atoms with Crippen LogP contribution in [0, 0.1) is 0 Å². The number of likely N-dealkylation sites (N-methyl/N-ethyl adjacent to an activating group) is 1. The molecule has 0 atom stereocenters. The Kier molecular flexibility index (Phi) is 6.23. The average Bonchev–Trinajstić information content (AvgIpc) is 3.26. The molecule has 0 saturated carbocycles. The first kappa shape index (κ1) is 20.9. The number of aliphatic imine (C=N–C) groups is 1. The molecule has 1 N–H and O–H groups in total. The molecule has 3 aromatic rings. The summed E-state index contributed by atoms with van der Waals surface area (Å²) in [5.74, 6) is -0.134. The van der Waals surface area contributed by atoms with Crippen LogP contribution in [0.3, 0.4) is 0 Å². The number of carbonyl (C=O) groups is 2. The second-order valence-electron chi connectivity index (χ2n) is 7.06. The molecular formula is C24H24N4O2S. The van der Waals surface area contributed by atoms with E-state index in [0.29, 0.717) is 18.0 Å². The van der Waals surface area contributed by atoms with Gasteiger partial charge >= 0.3 is 0 Å². The van der Waals surface area contributed by atoms with Gasteiger partial charge in [-0.3, -0.25) is 19.5 Å². The maximum atomic E-state index is 12.8. The lowest BCUT2D eigenvalue weighted by atomic mass is 10.1. The van der Waals surface area contributed by atoms with Crippen LogP contribution in [0.1, 0.15) is 19.4 Å². The average molecular weight is 433 g/mol. The first-order valence-electron chi connectivity index (χ1n) is 10.3. The number of aromatic nitrogens is 1. The minimum atomic E-state index is -0.105. The van der Waals surface area contributed by atoms with Gasteiger partial charge in [0.25, 0.3) is 5.91 Å². The van der Waals surface area contributed by atoms with Crippen LogP contribution in [-0.2, 0) is 16.1 Å². The molecule has 4 rings (SSSR count). The van der Waals surface area contributed by atoms with Crippen LogP contribution in [0.4, 0.5) is 5.69 Å². The van der Waals surface area contributed by atoms with Gasteiger partial charge < -0.3 is 9.88 Å². The Morgan fingerprint density at radius 2 is 1.84 bits per heavy atom. The Balaban J connectivity index is 1.64. The lowest BCUT2D eigenvalue weighted by Gasteiger charge is -2.11. The summed E-state index contributed by atoms with van der Waals surface area (Å²) < 4.78 is 1.92. The fourth-order valence-electron chi connectivity index (χ4n) is 3.58. The van der Waals surface area contributed by atoms with Gasteiger partial charge in [-0.15, -0.1) is 0 Å². The monoisotopic (exact) mass is 432 g/mol. The molecule has 0 aliphatic carbocycles. The Labute approximate surface area is 185 Å². The van der Waals surface area contributed by atoms with E-state index in [9.17, 15) is 9.59 Å². The molecule has 0 unspecified atom stereocenters. The van der Waals surface area contributed by atoms with Crippen LogP contribution >= 0.6 is 11.8 Å². The van der Waals surface area contributed by atoms with Crippen LogP contribution in [0.15, 0.2) is 70.7 Å². The molecule has 1 aliphatic rings. The van der Waals surface area contributed by atoms with Crippen LogP contribution < -0.4 is 5.32 Å². The molecule has 0 bridgehead atoms. The van der Waals surface area contributed by atoms with Gasteiger partial charge in [0.15, 0.2) is 5.17 Å². The van der Waals surface area contributed by atoms with Crippen molar-refractivity contribution in [3.8, 4) is 0 Å². The maximum absolute atomic E-state index is 12.8. The van der Waals surface area contributed by atoms with Crippen molar-refractivity contribution < 1.29 is 9.59 Å². The normalized spacial score (nSPS) is 16.6. The van der Waals surface area contributed by atoms with Crippen molar-refractivity contribution in [2.24, 2.45) is 4.99 Å². The third kappa shape index (κ3) is 4.41. The number of nitrogens with one attached hydrogen (secondary N) is 1. The highest BCUT2D eigenvalue weighted by molar-refractivity contribution is 8.18. The third-order valence-corrected chi connectivity index (χ3v) is 6.02. The molecule has 1 aromatic heterocycles. The maximum Gasteiger partial charge on any atom is 0.266 e. The van der Waals surface area contributed by atoms with Gasteiger partial charge in [0.2, 0.25) is 5.91 Å². The van der Waals surface area contributed by atoms with Crippen molar-refractivity contribution in [2.75, 3.05) is 18.4 Å². The van der Waals surface area contributed by atoms with Crippen molar-refractivity contribution in [2.45, 2.75) is 20.4 Å². The highest BCUT2D eigenvalue weighted by Gasteiger charge is 2.32. The molecular weight excluding hydrogens is 408 g/mol. The SMILES string of the molecule is CCN=C1SC(=Cc2cn(CC(=O)Nc3ccccc3)c3ccccc23)C(=O)N1CC. The van der Waals surface area contributed by atoms with Crippen LogP contribution in [0.25, 0.3) is 17.0 Å². The number of hydrogen-bond acceptors (Lipinski definition) is 4. The van der Waals surface area contributed by atoms with Gasteiger partial charge in [-0.05, 0) is 49.9 Å². The summed E-state index contributed by atoms with van der Waals surface area (Å²) in [6, 6.07) is 17.3. The topological polar surface area (TPSA) is 66.7 Å². The first-order valence-corrected chi connectivity index (χ1v) is 11.1. The van der Waals surface area contributed by atoms with Crippen molar-refractivity contribution in [3.05, 3.63) is 71.3 Å². The van der Waals surface area contributed by atoms with Crippen LogP contribution in [0.2, 0.25) is 0 Å². The Bertz CT molecular complexity index is 1180. The number of fused-ring (bicyclic) bond motifs is 1. The second-order valence-corrected chi connectivity index (χ2v) is 8.07. The molecule has 7 heteroatoms. The number of thioether (sulfide) groups is 1. The summed E-state index contributed by atoms with van der Waals surface area (Å²) in [6.45, 7) is 5.31. The van der Waals surface area contributed by atoms with Crippen LogP contribution in [-0.4, -0.2) is 39.5 Å². The number of para-hydroxylation sites is 2. The van der Waals surface area contributed by atoms with Gasteiger partial charge in [0.05, 0.1) is 4.91 Å². The molecule has 6 nitrogen and oxygen atoms in total. The van der Waals surface area contributed by atoms with Crippen molar-refractivity contribution in [1.29, 1.82) is 0 Å². The Morgan fingerprint density at radius 1 is 1.10 bits per heavy atom. The fraction of sp³-hybridized carbons (Fsp3) is 0.208. The number of amidine groups is 1. The molecule has 0 spiro atoms. The van der Waals surface area contributed by atoms with Crippen molar-refractivity contribution in [3.63, 3.8) is 0 Å². The molecule has 31 heavy (non-hydrogen) atoms. The number of carbonyl (C=O) groups excluding carboxylic acids is 2. The van der Waals surface area contributed by atoms with Crippen molar-refractivity contribution in [1.82, 2.24) is 9.47 Å². The van der Waals surface area contributed by atoms with E-state index in [1.54, 1.807) is 4.90 Å². The minimum absolute atomic E-state index is 0.0293. The molecule has 1 aliphatic heterocycles. The van der Waals surface area contributed by atoms with E-state index in [1.807, 2.05) is 85.3 Å². The minimum Gasteiger partial charge on any atom is -0.337 e. The first-order chi connectivity index (χ1) is 15.1. The van der Waals surface area contributed by atoms with E-state index >= 15 is 0 Å². The summed E-state index contributed by atoms with van der Waals surface area (Å²) in [5.41, 5.74) is 2.62. The zero-order chi connectivity index (χ0) is 21.8. The summed E-state index contributed by atoms with van der Waals surface area (Å²) in [6.07, 6.45) is 3.84. The van der Waals surface area contributed by atoms with Gasteiger partial charge in [-0.25, -0.2) is 0 Å². The van der Waals surface area contributed by atoms with E-state index in [-0.39, 0.29) is 18.4 Å². The number of benzene rings is 2. The van der Waals surface area contributed by atoms with Crippen LogP contribution in [0.5, 0.6) is 0 Å². The quantitative estimate of drug-likeness (QED) is 0.579. The van der Waals surface area contributed by atoms with Gasteiger partial charge in [0.1, 0.15) is 6.54 Å². The van der Waals surface area contributed by atoms with E-state index in [4.69, 9.17) is 0 Å². The van der Waals surface area contributed by atoms with Gasteiger partial charge in [0, 0.05) is 41.4 Å². The van der Waals surface area contributed by atoms with Gasteiger partial charge in [-0.2, -0.15) is 0 Å². The van der Waals surface area contributed by atoms with Crippen molar-refractivity contribution >= 4 is 51.4 Å². The molecule has 2 amide bonds. The van der Waals surface area contributed by atoms with E-state index in [2.05, 4.69) is 10.3 Å². The predicted molar refractivity (Wildman–Crippen MR) is 128 cm³/mol. The number of rotatable bonds is 6. The zero-order valence-electron chi connectivity index (χ0n) is 17.5. The molecule has 158 valence electrons. The molecule has 0 radical (unpaired) electrons. The lowest BCUT2D eigenvalue weighted by Crippen LogP contribution is -2.28. The molecule has 2 heterocycles. The standard InChI is InChI=1S/C24H24N4O2S/c1-3-25-24-28(4-2)23(30)21(31-24)14-17-15-27(20-13-9-8-12-19(17)20)16-22(29)26-18-10-6-5-7-11-18/h5-15H,3-4,16H2,1-2H3,(H,26,29). The molecule has 1 saturated heterocycles. The predicted octanol–water partition coefficient (Wildman–Crippen LogP) is 4.59. The van der Waals surface area contributed by atoms with Gasteiger partial charge in [-0.1, -0.05) is 36.4 Å². The lowest BCUT2D eigenvalue weighted by molar-refractivity contribution is -0.122. The molecule has 2 aromatic carbocycles. The fourth-order valence-corrected chi connectivity index (χ4v) is 4.67. The summed E-state index contributed by atoms with van der Waals surface area (Å²) >= 11 is 1.40. The third-order valence-electron chi connectivity index (χ3n) is 4.98. The highest BCUT2D eigenvalue weighted by Crippen LogP contribution is 2.34. The largest absolute Gasteiger partial charge is 0.337 e. The number of hydrogen-bond donors (Lipinski definition) is 1. The number of amides is 2.